The fourth-order valence-corrected chi connectivity index (χ4v) is 2.25. The molecule has 0 unspecified atom stereocenters. The van der Waals surface area contributed by atoms with Crippen LogP contribution >= 0.6 is 0 Å². The van der Waals surface area contributed by atoms with Gasteiger partial charge in [0.2, 0.25) is 5.91 Å². The van der Waals surface area contributed by atoms with E-state index in [1.165, 1.54) is 25.7 Å². The van der Waals surface area contributed by atoms with Gasteiger partial charge < -0.3 is 5.32 Å². The third-order valence-corrected chi connectivity index (χ3v) is 3.59. The summed E-state index contributed by atoms with van der Waals surface area (Å²) in [5.74, 6) is 0.0174. The predicted octanol–water partition coefficient (Wildman–Crippen LogP) is 3.80. The molecule has 0 spiro atoms. The number of benzene rings is 1. The highest BCUT2D eigenvalue weighted by atomic mass is 16.1. The lowest BCUT2D eigenvalue weighted by Gasteiger charge is -2.07. The summed E-state index contributed by atoms with van der Waals surface area (Å²) in [5.41, 5.74) is 1.65. The number of nitrogens with zero attached hydrogens (tertiary/aromatic N) is 2. The SMILES string of the molecule is CCCCCCCCC(=O)NCc1ccc(C#N)cc1C#N. The van der Waals surface area contributed by atoms with Gasteiger partial charge in [-0.2, -0.15) is 10.5 Å². The van der Waals surface area contributed by atoms with Gasteiger partial charge in [-0.05, 0) is 24.1 Å². The average Bonchev–Trinajstić information content (AvgIpc) is 2.55. The Morgan fingerprint density at radius 2 is 1.82 bits per heavy atom. The van der Waals surface area contributed by atoms with Gasteiger partial charge in [-0.3, -0.25) is 4.79 Å². The summed E-state index contributed by atoms with van der Waals surface area (Å²) >= 11 is 0. The topological polar surface area (TPSA) is 76.7 Å². The number of rotatable bonds is 9. The molecule has 0 aromatic heterocycles. The summed E-state index contributed by atoms with van der Waals surface area (Å²) < 4.78 is 0. The van der Waals surface area contributed by atoms with E-state index in [1.807, 2.05) is 6.07 Å². The summed E-state index contributed by atoms with van der Waals surface area (Å²) in [4.78, 5) is 11.8. The van der Waals surface area contributed by atoms with Gasteiger partial charge in [-0.25, -0.2) is 0 Å². The second kappa shape index (κ2) is 10.4. The average molecular weight is 297 g/mol. The monoisotopic (exact) mass is 297 g/mol. The molecular formula is C18H23N3O. The van der Waals surface area contributed by atoms with E-state index < -0.39 is 0 Å². The van der Waals surface area contributed by atoms with Crippen molar-refractivity contribution >= 4 is 5.91 Å². The normalized spacial score (nSPS) is 9.77. The Bertz CT molecular complexity index is 567. The van der Waals surface area contributed by atoms with Crippen LogP contribution in [0.15, 0.2) is 18.2 Å². The Morgan fingerprint density at radius 1 is 1.09 bits per heavy atom. The van der Waals surface area contributed by atoms with Crippen molar-refractivity contribution in [2.45, 2.75) is 58.4 Å². The van der Waals surface area contributed by atoms with Gasteiger partial charge >= 0.3 is 0 Å². The largest absolute Gasteiger partial charge is 0.352 e. The Balaban J connectivity index is 2.33. The minimum atomic E-state index is 0.0174. The minimum Gasteiger partial charge on any atom is -0.352 e. The third kappa shape index (κ3) is 6.41. The second-order valence-corrected chi connectivity index (χ2v) is 5.39. The Hall–Kier alpha value is -2.33. The first kappa shape index (κ1) is 17.7. The standard InChI is InChI=1S/C18H23N3O/c1-2-3-4-5-6-7-8-18(22)21-14-16-10-9-15(12-19)11-17(16)13-20/h9-11H,2-8,14H2,1H3,(H,21,22). The van der Waals surface area contributed by atoms with E-state index >= 15 is 0 Å². The fraction of sp³-hybridized carbons (Fsp3) is 0.500. The zero-order valence-electron chi connectivity index (χ0n) is 13.2. The molecule has 116 valence electrons. The third-order valence-electron chi connectivity index (χ3n) is 3.59. The highest BCUT2D eigenvalue weighted by Crippen LogP contribution is 2.11. The molecule has 4 nitrogen and oxygen atoms in total. The molecule has 1 N–H and O–H groups in total. The molecule has 1 rings (SSSR count). The molecule has 1 amide bonds. The first-order valence-corrected chi connectivity index (χ1v) is 7.91. The van der Waals surface area contributed by atoms with Crippen molar-refractivity contribution in [1.29, 1.82) is 10.5 Å². The molecule has 22 heavy (non-hydrogen) atoms. The maximum absolute atomic E-state index is 11.8. The molecule has 0 bridgehead atoms. The van der Waals surface area contributed by atoms with Crippen molar-refractivity contribution in [3.8, 4) is 12.1 Å². The van der Waals surface area contributed by atoms with Crippen molar-refractivity contribution in [3.63, 3.8) is 0 Å². The summed E-state index contributed by atoms with van der Waals surface area (Å²) in [7, 11) is 0. The number of nitrogens with one attached hydrogen (secondary N) is 1. The highest BCUT2D eigenvalue weighted by molar-refractivity contribution is 5.75. The zero-order valence-corrected chi connectivity index (χ0v) is 13.2. The molecule has 4 heteroatoms. The molecule has 0 aliphatic heterocycles. The number of amides is 1. The lowest BCUT2D eigenvalue weighted by molar-refractivity contribution is -0.121. The van der Waals surface area contributed by atoms with Crippen LogP contribution in [0.3, 0.4) is 0 Å². The van der Waals surface area contributed by atoms with Crippen LogP contribution in [0.2, 0.25) is 0 Å². The Kier molecular flexibility index (Phi) is 8.38. The highest BCUT2D eigenvalue weighted by Gasteiger charge is 2.06. The molecule has 0 saturated carbocycles. The van der Waals surface area contributed by atoms with E-state index in [0.717, 1.165) is 18.4 Å². The summed E-state index contributed by atoms with van der Waals surface area (Å²) in [6.45, 7) is 2.52. The van der Waals surface area contributed by atoms with Gasteiger partial charge in [-0.15, -0.1) is 0 Å². The van der Waals surface area contributed by atoms with Crippen molar-refractivity contribution in [2.75, 3.05) is 0 Å². The maximum Gasteiger partial charge on any atom is 0.220 e. The number of unbranched alkanes of at least 4 members (excludes halogenated alkanes) is 5. The molecule has 0 radical (unpaired) electrons. The van der Waals surface area contributed by atoms with E-state index in [2.05, 4.69) is 18.3 Å². The first-order valence-electron chi connectivity index (χ1n) is 7.91. The van der Waals surface area contributed by atoms with Gasteiger partial charge in [0.25, 0.3) is 0 Å². The number of hydrogen-bond acceptors (Lipinski definition) is 3. The second-order valence-electron chi connectivity index (χ2n) is 5.39. The van der Waals surface area contributed by atoms with Gasteiger partial charge in [0.15, 0.2) is 0 Å². The van der Waals surface area contributed by atoms with Crippen molar-refractivity contribution in [2.24, 2.45) is 0 Å². The quantitative estimate of drug-likeness (QED) is 0.704. The van der Waals surface area contributed by atoms with E-state index in [9.17, 15) is 4.79 Å². The zero-order chi connectivity index (χ0) is 16.2. The van der Waals surface area contributed by atoms with Gasteiger partial charge in [-0.1, -0.05) is 45.1 Å². The van der Waals surface area contributed by atoms with Crippen LogP contribution in [-0.2, 0) is 11.3 Å². The number of carbonyl (C=O) groups is 1. The number of hydrogen-bond donors (Lipinski definition) is 1. The van der Waals surface area contributed by atoms with Gasteiger partial charge in [0.05, 0.1) is 23.3 Å². The van der Waals surface area contributed by atoms with Crippen LogP contribution in [0.25, 0.3) is 0 Å². The molecule has 0 aliphatic rings. The van der Waals surface area contributed by atoms with Crippen molar-refractivity contribution < 1.29 is 4.79 Å². The van der Waals surface area contributed by atoms with E-state index in [4.69, 9.17) is 10.5 Å². The van der Waals surface area contributed by atoms with Crippen LogP contribution in [0.1, 0.15) is 68.6 Å². The smallest absolute Gasteiger partial charge is 0.220 e. The summed E-state index contributed by atoms with van der Waals surface area (Å²) in [6, 6.07) is 9.01. The molecule has 0 aliphatic carbocycles. The van der Waals surface area contributed by atoms with E-state index in [0.29, 0.717) is 24.1 Å². The van der Waals surface area contributed by atoms with Crippen molar-refractivity contribution in [3.05, 3.63) is 34.9 Å². The van der Waals surface area contributed by atoms with Crippen LogP contribution in [0, 0.1) is 22.7 Å². The molecule has 0 atom stereocenters. The summed E-state index contributed by atoms with van der Waals surface area (Å²) in [5, 5.41) is 20.7. The molecule has 0 fully saturated rings. The van der Waals surface area contributed by atoms with Crippen LogP contribution in [0.5, 0.6) is 0 Å². The van der Waals surface area contributed by atoms with Crippen LogP contribution in [0.4, 0.5) is 0 Å². The molecular weight excluding hydrogens is 274 g/mol. The molecule has 1 aromatic carbocycles. The summed E-state index contributed by atoms with van der Waals surface area (Å²) in [6.07, 6.45) is 7.46. The van der Waals surface area contributed by atoms with Crippen LogP contribution in [-0.4, -0.2) is 5.91 Å². The Labute approximate surface area is 132 Å². The molecule has 1 aromatic rings. The number of carbonyl (C=O) groups excluding carboxylic acids is 1. The van der Waals surface area contributed by atoms with Crippen LogP contribution < -0.4 is 5.32 Å². The lowest BCUT2D eigenvalue weighted by atomic mass is 10.1. The predicted molar refractivity (Wildman–Crippen MR) is 85.7 cm³/mol. The van der Waals surface area contributed by atoms with E-state index in [-0.39, 0.29) is 5.91 Å². The van der Waals surface area contributed by atoms with Gasteiger partial charge in [0, 0.05) is 13.0 Å². The molecule has 0 heterocycles. The lowest BCUT2D eigenvalue weighted by Crippen LogP contribution is -2.22. The van der Waals surface area contributed by atoms with E-state index in [1.54, 1.807) is 18.2 Å². The number of nitriles is 2. The van der Waals surface area contributed by atoms with Crippen molar-refractivity contribution in [1.82, 2.24) is 5.32 Å². The molecule has 0 saturated heterocycles. The fourth-order valence-electron chi connectivity index (χ4n) is 2.25. The first-order chi connectivity index (χ1) is 10.7. The minimum absolute atomic E-state index is 0.0174. The Morgan fingerprint density at radius 3 is 2.50 bits per heavy atom. The van der Waals surface area contributed by atoms with Gasteiger partial charge in [0.1, 0.15) is 0 Å². The maximum atomic E-state index is 11.8.